The molecule has 2 aliphatic heterocycles. The first-order chi connectivity index (χ1) is 15.7. The fourth-order valence-corrected chi connectivity index (χ4v) is 5.46. The number of hydrogen-bond acceptors (Lipinski definition) is 7. The van der Waals surface area contributed by atoms with Gasteiger partial charge in [0.25, 0.3) is 11.5 Å². The molecule has 0 radical (unpaired) electrons. The van der Waals surface area contributed by atoms with Crippen molar-refractivity contribution in [2.45, 2.75) is 53.0 Å². The minimum atomic E-state index is -1.00. The number of hydrogen-bond donors (Lipinski definition) is 1. The number of rotatable bonds is 7. The molecule has 10 heteroatoms. The Hall–Kier alpha value is -2.64. The first kappa shape index (κ1) is 25.0. The fraction of sp³-hybridized carbons (Fsp3) is 0.522. The smallest absolute Gasteiger partial charge is 0.305 e. The van der Waals surface area contributed by atoms with Crippen LogP contribution in [0.3, 0.4) is 0 Å². The van der Waals surface area contributed by atoms with Crippen LogP contribution in [-0.4, -0.2) is 50.4 Å². The maximum atomic E-state index is 13.2. The number of carbonyl (C=O) groups excluding carboxylic acids is 1. The quantitative estimate of drug-likeness (QED) is 0.460. The van der Waals surface area contributed by atoms with E-state index in [9.17, 15) is 19.6 Å². The third-order valence-electron chi connectivity index (χ3n) is 6.08. The van der Waals surface area contributed by atoms with Gasteiger partial charge in [-0.1, -0.05) is 37.8 Å². The molecule has 3 rings (SSSR count). The molecule has 0 unspecified atom stereocenters. The van der Waals surface area contributed by atoms with Gasteiger partial charge in [0.2, 0.25) is 0 Å². The summed E-state index contributed by atoms with van der Waals surface area (Å²) in [6.45, 7) is 7.98. The van der Waals surface area contributed by atoms with Crippen LogP contribution in [0.1, 0.15) is 56.2 Å². The van der Waals surface area contributed by atoms with E-state index in [4.69, 9.17) is 17.3 Å². The second-order valence-electron chi connectivity index (χ2n) is 8.45. The van der Waals surface area contributed by atoms with Crippen LogP contribution in [0.2, 0.25) is 0 Å². The molecule has 1 N–H and O–H groups in total. The van der Waals surface area contributed by atoms with Gasteiger partial charge in [-0.3, -0.25) is 23.9 Å². The first-order valence-electron chi connectivity index (χ1n) is 11.1. The van der Waals surface area contributed by atoms with Crippen LogP contribution in [0.15, 0.2) is 9.70 Å². The topological polar surface area (TPSA) is 107 Å². The predicted octanol–water partition coefficient (Wildman–Crippen LogP) is 3.35. The van der Waals surface area contributed by atoms with Gasteiger partial charge < -0.3 is 10.0 Å². The molecular weight excluding hydrogens is 460 g/mol. The van der Waals surface area contributed by atoms with Gasteiger partial charge in [0.05, 0.1) is 11.3 Å². The van der Waals surface area contributed by atoms with Gasteiger partial charge in [-0.2, -0.15) is 5.26 Å². The number of anilines is 1. The van der Waals surface area contributed by atoms with E-state index in [1.54, 1.807) is 17.6 Å². The third kappa shape index (κ3) is 5.14. The van der Waals surface area contributed by atoms with Crippen LogP contribution < -0.4 is 10.5 Å². The van der Waals surface area contributed by atoms with E-state index >= 15 is 0 Å². The molecule has 2 fully saturated rings. The standard InChI is InChI=1S/C23H28N4O4S2/c1-4-8-26-20(25-9-5-14(2)6-10-25)16(15(3)17(13-24)21(26)30)12-18-22(31)27(23(32)33-18)11-7-19(28)29/h12,14H,4-11H2,1-3H3,(H,28,29)/b18-12+. The highest BCUT2D eigenvalue weighted by molar-refractivity contribution is 8.26. The lowest BCUT2D eigenvalue weighted by molar-refractivity contribution is -0.137. The van der Waals surface area contributed by atoms with Crippen LogP contribution in [0.5, 0.6) is 0 Å². The summed E-state index contributed by atoms with van der Waals surface area (Å²) in [5.74, 6) is -0.0199. The van der Waals surface area contributed by atoms with E-state index in [1.807, 2.05) is 6.92 Å². The summed E-state index contributed by atoms with van der Waals surface area (Å²) in [7, 11) is 0. The summed E-state index contributed by atoms with van der Waals surface area (Å²) in [5, 5.41) is 18.7. The van der Waals surface area contributed by atoms with Crippen LogP contribution >= 0.6 is 24.0 Å². The molecule has 1 aromatic heterocycles. The Kier molecular flexibility index (Phi) is 7.97. The zero-order valence-electron chi connectivity index (χ0n) is 19.1. The van der Waals surface area contributed by atoms with Crippen molar-refractivity contribution in [3.05, 3.63) is 31.9 Å². The van der Waals surface area contributed by atoms with E-state index < -0.39 is 5.97 Å². The van der Waals surface area contributed by atoms with Crippen molar-refractivity contribution in [3.8, 4) is 6.07 Å². The molecule has 3 heterocycles. The molecule has 176 valence electrons. The molecule has 0 spiro atoms. The number of carbonyl (C=O) groups is 2. The highest BCUT2D eigenvalue weighted by Crippen LogP contribution is 2.36. The molecule has 0 aliphatic carbocycles. The normalized spacial score (nSPS) is 18.3. The Morgan fingerprint density at radius 3 is 2.55 bits per heavy atom. The number of carboxylic acids is 1. The van der Waals surface area contributed by atoms with E-state index in [2.05, 4.69) is 17.9 Å². The van der Waals surface area contributed by atoms with Crippen molar-refractivity contribution in [3.63, 3.8) is 0 Å². The number of aromatic nitrogens is 1. The van der Waals surface area contributed by atoms with Crippen LogP contribution in [0, 0.1) is 24.2 Å². The number of pyridine rings is 1. The maximum Gasteiger partial charge on any atom is 0.305 e. The number of nitriles is 1. The minimum absolute atomic E-state index is 0.00592. The number of carboxylic acid groups (broad SMARTS) is 1. The van der Waals surface area contributed by atoms with E-state index in [0.29, 0.717) is 32.8 Å². The highest BCUT2D eigenvalue weighted by Gasteiger charge is 2.33. The summed E-state index contributed by atoms with van der Waals surface area (Å²) in [4.78, 5) is 41.0. The summed E-state index contributed by atoms with van der Waals surface area (Å²) in [6, 6.07) is 2.05. The van der Waals surface area contributed by atoms with Crippen LogP contribution in [0.25, 0.3) is 6.08 Å². The van der Waals surface area contributed by atoms with Crippen molar-refractivity contribution in [2.24, 2.45) is 5.92 Å². The molecule has 0 aromatic carbocycles. The lowest BCUT2D eigenvalue weighted by Gasteiger charge is -2.35. The molecule has 2 aliphatic rings. The second-order valence-corrected chi connectivity index (χ2v) is 10.1. The lowest BCUT2D eigenvalue weighted by atomic mass is 9.97. The zero-order chi connectivity index (χ0) is 24.3. The molecule has 33 heavy (non-hydrogen) atoms. The molecule has 0 bridgehead atoms. The monoisotopic (exact) mass is 488 g/mol. The maximum absolute atomic E-state index is 13.2. The van der Waals surface area contributed by atoms with Crippen molar-refractivity contribution >= 4 is 52.1 Å². The Morgan fingerprint density at radius 2 is 1.97 bits per heavy atom. The number of piperidine rings is 1. The molecule has 0 atom stereocenters. The van der Waals surface area contributed by atoms with Crippen molar-refractivity contribution < 1.29 is 14.7 Å². The minimum Gasteiger partial charge on any atom is -0.481 e. The largest absolute Gasteiger partial charge is 0.481 e. The molecule has 8 nitrogen and oxygen atoms in total. The predicted molar refractivity (Wildman–Crippen MR) is 133 cm³/mol. The fourth-order valence-electron chi connectivity index (χ4n) is 4.17. The summed E-state index contributed by atoms with van der Waals surface area (Å²) in [6.07, 6.45) is 4.24. The average Bonchev–Trinajstić information content (AvgIpc) is 3.03. The molecule has 1 amide bonds. The van der Waals surface area contributed by atoms with Crippen molar-refractivity contribution in [1.82, 2.24) is 9.47 Å². The molecule has 2 saturated heterocycles. The number of thiocarbonyl (C=S) groups is 1. The van der Waals surface area contributed by atoms with Gasteiger partial charge >= 0.3 is 5.97 Å². The Bertz CT molecular complexity index is 1110. The zero-order valence-corrected chi connectivity index (χ0v) is 20.7. The highest BCUT2D eigenvalue weighted by atomic mass is 32.2. The van der Waals surface area contributed by atoms with Crippen molar-refractivity contribution in [2.75, 3.05) is 24.5 Å². The average molecular weight is 489 g/mol. The summed E-state index contributed by atoms with van der Waals surface area (Å²) >= 11 is 6.44. The van der Waals surface area contributed by atoms with Crippen LogP contribution in [0.4, 0.5) is 5.82 Å². The number of thioether (sulfide) groups is 1. The molecule has 1 aromatic rings. The van der Waals surface area contributed by atoms with Gasteiger partial charge in [0, 0.05) is 31.7 Å². The van der Waals surface area contributed by atoms with E-state index in [1.165, 1.54) is 4.90 Å². The van der Waals surface area contributed by atoms with Crippen LogP contribution in [-0.2, 0) is 16.1 Å². The molecular formula is C23H28N4O4S2. The lowest BCUT2D eigenvalue weighted by Crippen LogP contribution is -2.39. The third-order valence-corrected chi connectivity index (χ3v) is 7.45. The summed E-state index contributed by atoms with van der Waals surface area (Å²) in [5.41, 5.74) is 0.981. The Labute approximate surface area is 202 Å². The first-order valence-corrected chi connectivity index (χ1v) is 12.3. The summed E-state index contributed by atoms with van der Waals surface area (Å²) < 4.78 is 1.97. The number of aliphatic carboxylic acids is 1. The second kappa shape index (κ2) is 10.5. The Balaban J connectivity index is 2.16. The van der Waals surface area contributed by atoms with Crippen molar-refractivity contribution in [1.29, 1.82) is 5.26 Å². The van der Waals surface area contributed by atoms with Gasteiger partial charge in [-0.25, -0.2) is 0 Å². The van der Waals surface area contributed by atoms with Gasteiger partial charge in [-0.15, -0.1) is 0 Å². The Morgan fingerprint density at radius 1 is 1.30 bits per heavy atom. The number of nitrogens with zero attached hydrogens (tertiary/aromatic N) is 4. The number of amides is 1. The van der Waals surface area contributed by atoms with Gasteiger partial charge in [-0.05, 0) is 43.7 Å². The van der Waals surface area contributed by atoms with E-state index in [0.717, 1.165) is 49.9 Å². The van der Waals surface area contributed by atoms with Gasteiger partial charge in [0.1, 0.15) is 21.8 Å². The van der Waals surface area contributed by atoms with E-state index in [-0.39, 0.29) is 30.0 Å². The molecule has 0 saturated carbocycles. The SMILES string of the molecule is CCCn1c(N2CCC(C)CC2)c(/C=C2/SC(=S)N(CCC(=O)O)C2=O)c(C)c(C#N)c1=O. The van der Waals surface area contributed by atoms with Gasteiger partial charge in [0.15, 0.2) is 0 Å².